The molecule has 0 aliphatic heterocycles. The first-order chi connectivity index (χ1) is 10.1. The molecule has 3 N–H and O–H groups in total. The average Bonchev–Trinajstić information content (AvgIpc) is 3.07. The molecule has 8 heteroatoms. The fourth-order valence-corrected chi connectivity index (χ4v) is 2.15. The Kier molecular flexibility index (Phi) is 6.45. The highest BCUT2D eigenvalue weighted by Gasteiger charge is 2.26. The van der Waals surface area contributed by atoms with E-state index in [0.717, 1.165) is 18.5 Å². The third-order valence-electron chi connectivity index (χ3n) is 3.84. The molecule has 0 bridgehead atoms. The molecule has 0 saturated carbocycles. The fourth-order valence-electron chi connectivity index (χ4n) is 2.15. The minimum atomic E-state index is -0.359. The van der Waals surface area contributed by atoms with Gasteiger partial charge in [0.15, 0.2) is 0 Å². The lowest BCUT2D eigenvalue weighted by atomic mass is 9.92. The predicted octanol–water partition coefficient (Wildman–Crippen LogP) is 1.33. The molecule has 2 aromatic rings. The average molecular weight is 325 g/mol. The normalized spacial score (nSPS) is 10.9. The molecule has 22 heavy (non-hydrogen) atoms. The van der Waals surface area contributed by atoms with Crippen LogP contribution in [0.3, 0.4) is 0 Å². The molecule has 0 fully saturated rings. The summed E-state index contributed by atoms with van der Waals surface area (Å²) in [4.78, 5) is 12.4. The second kappa shape index (κ2) is 7.86. The third kappa shape index (κ3) is 3.80. The summed E-state index contributed by atoms with van der Waals surface area (Å²) >= 11 is 0. The number of carbonyl (C=O) groups is 1. The summed E-state index contributed by atoms with van der Waals surface area (Å²) < 4.78 is 1.51. The van der Waals surface area contributed by atoms with Crippen LogP contribution >= 0.6 is 12.4 Å². The maximum atomic E-state index is 12.4. The molecule has 1 amide bonds. The lowest BCUT2D eigenvalue weighted by Gasteiger charge is -2.31. The van der Waals surface area contributed by atoms with E-state index in [1.165, 1.54) is 11.0 Å². The second-order valence-electron chi connectivity index (χ2n) is 4.95. The molecule has 0 aliphatic carbocycles. The van der Waals surface area contributed by atoms with Crippen LogP contribution in [0.5, 0.6) is 0 Å². The van der Waals surface area contributed by atoms with Gasteiger partial charge in [0.05, 0.1) is 11.2 Å². The van der Waals surface area contributed by atoms with Gasteiger partial charge >= 0.3 is 0 Å². The van der Waals surface area contributed by atoms with Crippen LogP contribution in [-0.4, -0.2) is 38.2 Å². The van der Waals surface area contributed by atoms with Crippen molar-refractivity contribution in [3.8, 4) is 5.69 Å². The summed E-state index contributed by atoms with van der Waals surface area (Å²) in [6, 6.07) is 7.14. The Balaban J connectivity index is 0.00000242. The van der Waals surface area contributed by atoms with Crippen LogP contribution in [0.1, 0.15) is 37.0 Å². The van der Waals surface area contributed by atoms with Crippen LogP contribution < -0.4 is 11.1 Å². The summed E-state index contributed by atoms with van der Waals surface area (Å²) in [5.41, 5.74) is 6.75. The Morgan fingerprint density at radius 2 is 2.09 bits per heavy atom. The van der Waals surface area contributed by atoms with Gasteiger partial charge in [0.1, 0.15) is 6.33 Å². The molecule has 0 unspecified atom stereocenters. The SMILES string of the molecule is CCC(CC)(CN)NC(=O)c1cccc(-n2cnnn2)c1.Cl. The van der Waals surface area contributed by atoms with Crippen molar-refractivity contribution in [2.45, 2.75) is 32.2 Å². The number of rotatable bonds is 6. The Labute approximate surface area is 135 Å². The highest BCUT2D eigenvalue weighted by atomic mass is 35.5. The van der Waals surface area contributed by atoms with Gasteiger partial charge in [0.2, 0.25) is 0 Å². The number of aromatic nitrogens is 4. The van der Waals surface area contributed by atoms with Crippen molar-refractivity contribution in [1.29, 1.82) is 0 Å². The van der Waals surface area contributed by atoms with E-state index >= 15 is 0 Å². The molecule has 0 atom stereocenters. The third-order valence-corrected chi connectivity index (χ3v) is 3.84. The van der Waals surface area contributed by atoms with Crippen LogP contribution in [0, 0.1) is 0 Å². The number of carbonyl (C=O) groups excluding carboxylic acids is 1. The standard InChI is InChI=1S/C14H20N6O.ClH/c1-3-14(4-2,9-15)17-13(21)11-6-5-7-12(8-11)20-10-16-18-19-20;/h5-8,10H,3-4,9,15H2,1-2H3,(H,17,21);1H. The van der Waals surface area contributed by atoms with Crippen LogP contribution in [-0.2, 0) is 0 Å². The largest absolute Gasteiger partial charge is 0.345 e. The van der Waals surface area contributed by atoms with Crippen molar-refractivity contribution in [3.63, 3.8) is 0 Å². The van der Waals surface area contributed by atoms with E-state index in [1.807, 2.05) is 19.9 Å². The Hall–Kier alpha value is -1.99. The van der Waals surface area contributed by atoms with Gasteiger partial charge in [-0.1, -0.05) is 19.9 Å². The van der Waals surface area contributed by atoms with Crippen molar-refractivity contribution in [2.24, 2.45) is 5.73 Å². The summed E-state index contributed by atoms with van der Waals surface area (Å²) in [5, 5.41) is 14.0. The molecule has 0 saturated heterocycles. The number of nitrogens with two attached hydrogens (primary N) is 1. The van der Waals surface area contributed by atoms with Crippen LogP contribution in [0.15, 0.2) is 30.6 Å². The first-order valence-corrected chi connectivity index (χ1v) is 7.00. The number of hydrogen-bond acceptors (Lipinski definition) is 5. The molecule has 1 aromatic carbocycles. The van der Waals surface area contributed by atoms with Crippen LogP contribution in [0.4, 0.5) is 0 Å². The van der Waals surface area contributed by atoms with Gasteiger partial charge in [-0.05, 0) is 41.5 Å². The minimum absolute atomic E-state index is 0. The van der Waals surface area contributed by atoms with Gasteiger partial charge in [-0.25, -0.2) is 4.68 Å². The van der Waals surface area contributed by atoms with Crippen molar-refractivity contribution in [1.82, 2.24) is 25.5 Å². The van der Waals surface area contributed by atoms with Crippen molar-refractivity contribution in [3.05, 3.63) is 36.2 Å². The van der Waals surface area contributed by atoms with Crippen molar-refractivity contribution >= 4 is 18.3 Å². The smallest absolute Gasteiger partial charge is 0.251 e. The zero-order chi connectivity index (χ0) is 15.3. The Bertz CT molecular complexity index is 589. The van der Waals surface area contributed by atoms with E-state index in [2.05, 4.69) is 20.8 Å². The lowest BCUT2D eigenvalue weighted by Crippen LogP contribution is -2.52. The summed E-state index contributed by atoms with van der Waals surface area (Å²) in [7, 11) is 0. The topological polar surface area (TPSA) is 98.7 Å². The number of nitrogens with one attached hydrogen (secondary N) is 1. The molecule has 0 aliphatic rings. The highest BCUT2D eigenvalue weighted by molar-refractivity contribution is 5.95. The number of halogens is 1. The van der Waals surface area contributed by atoms with E-state index in [0.29, 0.717) is 12.1 Å². The van der Waals surface area contributed by atoms with Crippen molar-refractivity contribution in [2.75, 3.05) is 6.54 Å². The van der Waals surface area contributed by atoms with E-state index < -0.39 is 0 Å². The molecule has 0 spiro atoms. The highest BCUT2D eigenvalue weighted by Crippen LogP contribution is 2.15. The van der Waals surface area contributed by atoms with Crippen LogP contribution in [0.25, 0.3) is 5.69 Å². The van der Waals surface area contributed by atoms with Gasteiger partial charge in [-0.15, -0.1) is 17.5 Å². The zero-order valence-corrected chi connectivity index (χ0v) is 13.5. The minimum Gasteiger partial charge on any atom is -0.345 e. The van der Waals surface area contributed by atoms with Crippen LogP contribution in [0.2, 0.25) is 0 Å². The quantitative estimate of drug-likeness (QED) is 0.835. The van der Waals surface area contributed by atoms with E-state index in [9.17, 15) is 4.79 Å². The lowest BCUT2D eigenvalue weighted by molar-refractivity contribution is 0.0895. The molecule has 0 radical (unpaired) electrons. The molecule has 120 valence electrons. The molecule has 1 aromatic heterocycles. The number of benzene rings is 1. The molecular formula is C14H21ClN6O. The number of tetrazole rings is 1. The van der Waals surface area contributed by atoms with E-state index in [4.69, 9.17) is 5.73 Å². The van der Waals surface area contributed by atoms with Crippen molar-refractivity contribution < 1.29 is 4.79 Å². The van der Waals surface area contributed by atoms with Gasteiger partial charge in [-0.3, -0.25) is 4.79 Å². The second-order valence-corrected chi connectivity index (χ2v) is 4.95. The van der Waals surface area contributed by atoms with Gasteiger partial charge in [0, 0.05) is 12.1 Å². The van der Waals surface area contributed by atoms with E-state index in [-0.39, 0.29) is 23.9 Å². The summed E-state index contributed by atoms with van der Waals surface area (Å²) in [6.07, 6.45) is 3.07. The molecular weight excluding hydrogens is 304 g/mol. The predicted molar refractivity (Wildman–Crippen MR) is 86.2 cm³/mol. The van der Waals surface area contributed by atoms with Gasteiger partial charge < -0.3 is 11.1 Å². The number of amides is 1. The van der Waals surface area contributed by atoms with Gasteiger partial charge in [0.25, 0.3) is 5.91 Å². The first kappa shape index (κ1) is 18.1. The number of nitrogens with zero attached hydrogens (tertiary/aromatic N) is 4. The Morgan fingerprint density at radius 3 is 2.64 bits per heavy atom. The molecule has 1 heterocycles. The fraction of sp³-hybridized carbons (Fsp3) is 0.429. The maximum Gasteiger partial charge on any atom is 0.251 e. The molecule has 7 nitrogen and oxygen atoms in total. The monoisotopic (exact) mass is 324 g/mol. The van der Waals surface area contributed by atoms with E-state index in [1.54, 1.807) is 18.2 Å². The Morgan fingerprint density at radius 1 is 1.36 bits per heavy atom. The number of hydrogen-bond donors (Lipinski definition) is 2. The summed E-state index contributed by atoms with van der Waals surface area (Å²) in [5.74, 6) is -0.140. The maximum absolute atomic E-state index is 12.4. The zero-order valence-electron chi connectivity index (χ0n) is 12.7. The van der Waals surface area contributed by atoms with Gasteiger partial charge in [-0.2, -0.15) is 0 Å². The first-order valence-electron chi connectivity index (χ1n) is 7.00. The molecule has 2 rings (SSSR count). The summed E-state index contributed by atoms with van der Waals surface area (Å²) in [6.45, 7) is 4.46.